The molecule has 1 saturated heterocycles. The van der Waals surface area contributed by atoms with E-state index >= 15 is 0 Å². The lowest BCUT2D eigenvalue weighted by molar-refractivity contribution is -0.334. The fourth-order valence-electron chi connectivity index (χ4n) is 8.30. The molecule has 4 aromatic carbocycles. The van der Waals surface area contributed by atoms with Crippen molar-refractivity contribution in [3.63, 3.8) is 0 Å². The van der Waals surface area contributed by atoms with Gasteiger partial charge in [0, 0.05) is 5.57 Å². The molecule has 1 atom stereocenters. The zero-order chi connectivity index (χ0) is 38.9. The number of hydrogen-bond acceptors (Lipinski definition) is 2. The van der Waals surface area contributed by atoms with Crippen LogP contribution in [0.4, 0.5) is 0 Å². The molecular formula is C51H62O2. The van der Waals surface area contributed by atoms with E-state index in [0.29, 0.717) is 0 Å². The Labute approximate surface area is 321 Å². The molecule has 0 radical (unpaired) electrons. The number of rotatable bonds is 4. The Morgan fingerprint density at radius 2 is 0.774 bits per heavy atom. The lowest BCUT2D eigenvalue weighted by Gasteiger charge is -2.37. The summed E-state index contributed by atoms with van der Waals surface area (Å²) in [5, 5.41) is 0. The summed E-state index contributed by atoms with van der Waals surface area (Å²) >= 11 is 0. The van der Waals surface area contributed by atoms with Crippen LogP contribution >= 0.6 is 0 Å². The van der Waals surface area contributed by atoms with E-state index in [-0.39, 0.29) is 21.7 Å². The lowest BCUT2D eigenvalue weighted by atomic mass is 9.66. The predicted octanol–water partition coefficient (Wildman–Crippen LogP) is 13.6. The highest BCUT2D eigenvalue weighted by atomic mass is 17.2. The Morgan fingerprint density at radius 1 is 0.453 bits per heavy atom. The van der Waals surface area contributed by atoms with Crippen LogP contribution in [0.5, 0.6) is 0 Å². The first-order chi connectivity index (χ1) is 24.5. The van der Waals surface area contributed by atoms with Crippen molar-refractivity contribution in [2.24, 2.45) is 0 Å². The molecule has 1 fully saturated rings. The molecule has 1 unspecified atom stereocenters. The van der Waals surface area contributed by atoms with Crippen LogP contribution in [-0.2, 0) is 37.0 Å². The highest BCUT2D eigenvalue weighted by Crippen LogP contribution is 2.58. The van der Waals surface area contributed by atoms with Crippen LogP contribution in [0.2, 0.25) is 0 Å². The van der Waals surface area contributed by atoms with Crippen molar-refractivity contribution < 1.29 is 9.78 Å². The summed E-state index contributed by atoms with van der Waals surface area (Å²) in [6.07, 6.45) is 2.28. The summed E-state index contributed by atoms with van der Waals surface area (Å²) in [5.41, 5.74) is 14.1. The van der Waals surface area contributed by atoms with E-state index in [9.17, 15) is 0 Å². The quantitative estimate of drug-likeness (QED) is 0.197. The topological polar surface area (TPSA) is 18.5 Å². The minimum Gasteiger partial charge on any atom is -0.220 e. The maximum absolute atomic E-state index is 6.85. The van der Waals surface area contributed by atoms with Gasteiger partial charge in [0.15, 0.2) is 5.60 Å². The molecule has 1 aliphatic heterocycles. The van der Waals surface area contributed by atoms with E-state index < -0.39 is 11.2 Å². The van der Waals surface area contributed by atoms with Crippen molar-refractivity contribution in [3.8, 4) is 0 Å². The van der Waals surface area contributed by atoms with Crippen LogP contribution in [0.1, 0.15) is 148 Å². The third-order valence-corrected chi connectivity index (χ3v) is 11.5. The van der Waals surface area contributed by atoms with E-state index in [1.54, 1.807) is 0 Å². The molecule has 6 rings (SSSR count). The maximum Gasteiger partial charge on any atom is 0.178 e. The molecule has 0 amide bonds. The SMILES string of the molecule is CC1=CC2(C)OOC(c3ccc(C(C)(C)C)cc3)(c3ccc(C(C)(C)C)cc3)C2=C(C)C1=C(c1ccc(C(C)(C)C)cc1)c1ccc(C(C)(C)C)cc1. The molecule has 0 N–H and O–H groups in total. The normalized spacial score (nSPS) is 19.3. The summed E-state index contributed by atoms with van der Waals surface area (Å²) < 4.78 is 0. The van der Waals surface area contributed by atoms with Gasteiger partial charge in [0.1, 0.15) is 5.60 Å². The first kappa shape index (κ1) is 38.7. The smallest absolute Gasteiger partial charge is 0.178 e. The average Bonchev–Trinajstić information content (AvgIpc) is 3.39. The second kappa shape index (κ2) is 13.1. The Hall–Kier alpha value is -3.98. The van der Waals surface area contributed by atoms with Gasteiger partial charge in [-0.15, -0.1) is 0 Å². The van der Waals surface area contributed by atoms with E-state index in [1.807, 2.05) is 0 Å². The predicted molar refractivity (Wildman–Crippen MR) is 224 cm³/mol. The Kier molecular flexibility index (Phi) is 9.58. The van der Waals surface area contributed by atoms with Crippen LogP contribution in [0.3, 0.4) is 0 Å². The van der Waals surface area contributed by atoms with E-state index in [0.717, 1.165) is 16.7 Å². The van der Waals surface area contributed by atoms with Gasteiger partial charge in [-0.25, -0.2) is 9.78 Å². The minimum atomic E-state index is -0.967. The summed E-state index contributed by atoms with van der Waals surface area (Å²) in [7, 11) is 0. The van der Waals surface area contributed by atoms with Gasteiger partial charge >= 0.3 is 0 Å². The first-order valence-electron chi connectivity index (χ1n) is 19.4. The van der Waals surface area contributed by atoms with Crippen LogP contribution < -0.4 is 0 Å². The van der Waals surface area contributed by atoms with Gasteiger partial charge in [0.25, 0.3) is 0 Å². The van der Waals surface area contributed by atoms with Crippen molar-refractivity contribution in [2.75, 3.05) is 0 Å². The van der Waals surface area contributed by atoms with Gasteiger partial charge in [-0.2, -0.15) is 0 Å². The third kappa shape index (κ3) is 7.06. The molecule has 4 aromatic rings. The first-order valence-corrected chi connectivity index (χ1v) is 19.4. The molecule has 2 aliphatic rings. The number of allylic oxidation sites excluding steroid dienone is 3. The molecule has 53 heavy (non-hydrogen) atoms. The van der Waals surface area contributed by atoms with E-state index in [1.165, 1.54) is 55.7 Å². The molecule has 0 aromatic heterocycles. The summed E-state index contributed by atoms with van der Waals surface area (Å²) in [4.78, 5) is 13.4. The Morgan fingerprint density at radius 3 is 1.09 bits per heavy atom. The van der Waals surface area contributed by atoms with Crippen molar-refractivity contribution in [1.82, 2.24) is 0 Å². The molecule has 0 bridgehead atoms. The average molecular weight is 707 g/mol. The second-order valence-corrected chi connectivity index (χ2v) is 19.8. The molecular weight excluding hydrogens is 645 g/mol. The summed E-state index contributed by atoms with van der Waals surface area (Å²) in [5.74, 6) is 0. The minimum absolute atomic E-state index is 0.0252. The van der Waals surface area contributed by atoms with Crippen molar-refractivity contribution >= 4 is 5.57 Å². The van der Waals surface area contributed by atoms with Gasteiger partial charge in [-0.3, -0.25) is 0 Å². The second-order valence-electron chi connectivity index (χ2n) is 19.8. The Balaban J connectivity index is 1.69. The number of benzene rings is 4. The van der Waals surface area contributed by atoms with Gasteiger partial charge in [-0.1, -0.05) is 180 Å². The molecule has 0 spiro atoms. The van der Waals surface area contributed by atoms with Gasteiger partial charge < -0.3 is 0 Å². The highest BCUT2D eigenvalue weighted by Gasteiger charge is 2.58. The molecule has 278 valence electrons. The van der Waals surface area contributed by atoms with Gasteiger partial charge in [0.05, 0.1) is 0 Å². The molecule has 2 heteroatoms. The van der Waals surface area contributed by atoms with Crippen LogP contribution in [0.15, 0.2) is 125 Å². The summed E-state index contributed by atoms with van der Waals surface area (Å²) in [6, 6.07) is 36.5. The third-order valence-electron chi connectivity index (χ3n) is 11.5. The highest BCUT2D eigenvalue weighted by molar-refractivity contribution is 5.89. The monoisotopic (exact) mass is 706 g/mol. The largest absolute Gasteiger partial charge is 0.220 e. The van der Waals surface area contributed by atoms with Crippen LogP contribution in [0.25, 0.3) is 5.57 Å². The molecule has 1 heterocycles. The van der Waals surface area contributed by atoms with Crippen molar-refractivity contribution in [2.45, 2.75) is 137 Å². The standard InChI is InChI=1S/C51H62O2/c1-33-32-50(15)45(51(53-52-50,41-28-24-39(25-29-41)48(9,10)11)42-30-26-40(27-31-42)49(12,13)14)34(2)43(33)44(35-16-20-37(21-17-35)46(3,4)5)36-18-22-38(23-19-36)47(6,7)8/h16-32H,1-15H3. The fourth-order valence-corrected chi connectivity index (χ4v) is 8.30. The van der Waals surface area contributed by atoms with Crippen molar-refractivity contribution in [3.05, 3.63) is 170 Å². The van der Waals surface area contributed by atoms with Crippen molar-refractivity contribution in [1.29, 1.82) is 0 Å². The zero-order valence-corrected chi connectivity index (χ0v) is 35.1. The zero-order valence-electron chi connectivity index (χ0n) is 35.1. The Bertz CT molecular complexity index is 1960. The van der Waals surface area contributed by atoms with Gasteiger partial charge in [0.2, 0.25) is 0 Å². The van der Waals surface area contributed by atoms with E-state index in [2.05, 4.69) is 207 Å². The maximum atomic E-state index is 6.85. The van der Waals surface area contributed by atoms with E-state index in [4.69, 9.17) is 9.78 Å². The van der Waals surface area contributed by atoms with Crippen LogP contribution in [-0.4, -0.2) is 5.60 Å². The van der Waals surface area contributed by atoms with Crippen LogP contribution in [0, 0.1) is 0 Å². The fraction of sp³-hybridized carbons (Fsp3) is 0.412. The molecule has 2 nitrogen and oxygen atoms in total. The summed E-state index contributed by atoms with van der Waals surface area (Å²) in [6.45, 7) is 33.9. The number of fused-ring (bicyclic) bond motifs is 1. The molecule has 0 saturated carbocycles. The van der Waals surface area contributed by atoms with Gasteiger partial charge in [-0.05, 0) is 115 Å². The number of hydrogen-bond donors (Lipinski definition) is 0. The molecule has 1 aliphatic carbocycles. The lowest BCUT2D eigenvalue weighted by Crippen LogP contribution is -2.36.